The van der Waals surface area contributed by atoms with Crippen LogP contribution in [0.5, 0.6) is 0 Å². The average Bonchev–Trinajstić information content (AvgIpc) is 2.63. The minimum atomic E-state index is 0.149. The summed E-state index contributed by atoms with van der Waals surface area (Å²) in [6.07, 6.45) is 6.05. The summed E-state index contributed by atoms with van der Waals surface area (Å²) in [4.78, 5) is 16.3. The third-order valence-electron chi connectivity index (χ3n) is 3.68. The summed E-state index contributed by atoms with van der Waals surface area (Å²) in [6, 6.07) is 11.7. The average molecular weight is 348 g/mol. The lowest BCUT2D eigenvalue weighted by molar-refractivity contribution is 0.972. The highest BCUT2D eigenvalue weighted by Gasteiger charge is 2.09. The Morgan fingerprint density at radius 1 is 0.885 bits per heavy atom. The molecule has 0 unspecified atom stereocenters. The fraction of sp³-hybridized carbons (Fsp3) is 0.111. The molecule has 8 heteroatoms. The molecule has 0 saturated heterocycles. The van der Waals surface area contributed by atoms with Gasteiger partial charge in [0.25, 0.3) is 0 Å². The molecule has 0 saturated carbocycles. The highest BCUT2D eigenvalue weighted by atomic mass is 15.1. The first-order valence-corrected chi connectivity index (χ1v) is 8.09. The number of nitrogens with one attached hydrogen (secondary N) is 1. The molecule has 0 fully saturated rings. The Bertz CT molecular complexity index is 908. The molecule has 26 heavy (non-hydrogen) atoms. The molecule has 0 aliphatic rings. The second kappa shape index (κ2) is 7.93. The van der Waals surface area contributed by atoms with Gasteiger partial charge in [-0.3, -0.25) is 0 Å². The number of nitrogens with zero attached hydrogens (tertiary/aromatic N) is 4. The van der Waals surface area contributed by atoms with Crippen molar-refractivity contribution < 1.29 is 0 Å². The van der Waals surface area contributed by atoms with Crippen LogP contribution in [0.3, 0.4) is 0 Å². The Balaban J connectivity index is 1.76. The van der Waals surface area contributed by atoms with Gasteiger partial charge in [0.15, 0.2) is 0 Å². The monoisotopic (exact) mass is 348 g/mol. The van der Waals surface area contributed by atoms with Crippen molar-refractivity contribution >= 4 is 35.7 Å². The first-order chi connectivity index (χ1) is 12.6. The van der Waals surface area contributed by atoms with Crippen LogP contribution < -0.4 is 22.5 Å². The number of hydrogen-bond acceptors (Lipinski definition) is 8. The fourth-order valence-electron chi connectivity index (χ4n) is 2.46. The number of benzene rings is 1. The van der Waals surface area contributed by atoms with E-state index in [1.54, 1.807) is 12.3 Å². The van der Waals surface area contributed by atoms with E-state index in [0.29, 0.717) is 30.3 Å². The molecule has 0 bridgehead atoms. The van der Waals surface area contributed by atoms with Crippen LogP contribution in [0.15, 0.2) is 42.6 Å². The Hall–Kier alpha value is -3.68. The number of nitrogen functional groups attached to an aromatic ring is 3. The number of anilines is 4. The summed E-state index contributed by atoms with van der Waals surface area (Å²) in [5.74, 6) is 1.38. The minimum absolute atomic E-state index is 0.149. The summed E-state index contributed by atoms with van der Waals surface area (Å²) in [6.45, 7) is 0.583. The molecule has 0 radical (unpaired) electrons. The van der Waals surface area contributed by atoms with Crippen molar-refractivity contribution in [2.45, 2.75) is 6.42 Å². The molecule has 3 aromatic rings. The van der Waals surface area contributed by atoms with Crippen LogP contribution in [-0.2, 0) is 6.42 Å². The van der Waals surface area contributed by atoms with Crippen LogP contribution in [0.25, 0.3) is 12.2 Å². The predicted molar refractivity (Wildman–Crippen MR) is 105 cm³/mol. The third-order valence-corrected chi connectivity index (χ3v) is 3.68. The summed E-state index contributed by atoms with van der Waals surface area (Å²) in [7, 11) is 0. The molecule has 0 aliphatic heterocycles. The van der Waals surface area contributed by atoms with E-state index in [0.717, 1.165) is 11.1 Å². The van der Waals surface area contributed by atoms with Crippen LogP contribution in [0, 0.1) is 0 Å². The van der Waals surface area contributed by atoms with E-state index < -0.39 is 0 Å². The van der Waals surface area contributed by atoms with Gasteiger partial charge in [-0.05, 0) is 24.1 Å². The van der Waals surface area contributed by atoms with Crippen LogP contribution >= 0.6 is 0 Å². The summed E-state index contributed by atoms with van der Waals surface area (Å²) in [5.41, 5.74) is 20.0. The molecular weight excluding hydrogens is 328 g/mol. The maximum atomic E-state index is 6.06. The molecule has 1 aromatic carbocycles. The van der Waals surface area contributed by atoms with Gasteiger partial charge in [0.05, 0.1) is 5.69 Å². The van der Waals surface area contributed by atoms with Crippen LogP contribution in [-0.4, -0.2) is 26.5 Å². The lowest BCUT2D eigenvalue weighted by atomic mass is 10.1. The Morgan fingerprint density at radius 3 is 2.46 bits per heavy atom. The van der Waals surface area contributed by atoms with Gasteiger partial charge >= 0.3 is 0 Å². The van der Waals surface area contributed by atoms with Crippen LogP contribution in [0.1, 0.15) is 16.8 Å². The van der Waals surface area contributed by atoms with E-state index in [9.17, 15) is 0 Å². The largest absolute Gasteiger partial charge is 0.383 e. The van der Waals surface area contributed by atoms with Crippen molar-refractivity contribution in [1.29, 1.82) is 0 Å². The van der Waals surface area contributed by atoms with E-state index >= 15 is 0 Å². The van der Waals surface area contributed by atoms with Gasteiger partial charge in [0.1, 0.15) is 11.6 Å². The van der Waals surface area contributed by atoms with Gasteiger partial charge in [-0.15, -0.1) is 0 Å². The first kappa shape index (κ1) is 17.2. The molecule has 0 atom stereocenters. The third kappa shape index (κ3) is 4.44. The topological polar surface area (TPSA) is 142 Å². The van der Waals surface area contributed by atoms with Gasteiger partial charge in [-0.2, -0.15) is 9.97 Å². The molecule has 0 aliphatic carbocycles. The van der Waals surface area contributed by atoms with Crippen molar-refractivity contribution in [3.05, 3.63) is 59.4 Å². The summed E-state index contributed by atoms with van der Waals surface area (Å²) in [5, 5.41) is 3.18. The molecule has 7 N–H and O–H groups in total. The highest BCUT2D eigenvalue weighted by molar-refractivity contribution is 5.71. The zero-order valence-corrected chi connectivity index (χ0v) is 14.1. The van der Waals surface area contributed by atoms with Gasteiger partial charge in [-0.25, -0.2) is 9.97 Å². The molecule has 0 spiro atoms. The smallest absolute Gasteiger partial charge is 0.222 e. The Kier molecular flexibility index (Phi) is 5.23. The summed E-state index contributed by atoms with van der Waals surface area (Å²) >= 11 is 0. The van der Waals surface area contributed by atoms with Crippen LogP contribution in [0.4, 0.5) is 23.5 Å². The number of nitrogens with two attached hydrogens (primary N) is 3. The lowest BCUT2D eigenvalue weighted by Crippen LogP contribution is -2.12. The van der Waals surface area contributed by atoms with Crippen LogP contribution in [0.2, 0.25) is 0 Å². The van der Waals surface area contributed by atoms with Gasteiger partial charge in [0.2, 0.25) is 11.9 Å². The van der Waals surface area contributed by atoms with Crippen molar-refractivity contribution in [3.63, 3.8) is 0 Å². The van der Waals surface area contributed by atoms with Crippen molar-refractivity contribution in [3.8, 4) is 0 Å². The minimum Gasteiger partial charge on any atom is -0.383 e. The van der Waals surface area contributed by atoms with Crippen molar-refractivity contribution in [2.24, 2.45) is 0 Å². The van der Waals surface area contributed by atoms with Gasteiger partial charge in [-0.1, -0.05) is 36.4 Å². The second-order valence-corrected chi connectivity index (χ2v) is 5.55. The fourth-order valence-corrected chi connectivity index (χ4v) is 2.46. The Morgan fingerprint density at radius 2 is 1.69 bits per heavy atom. The molecule has 2 aromatic heterocycles. The van der Waals surface area contributed by atoms with Crippen molar-refractivity contribution in [2.75, 3.05) is 29.1 Å². The zero-order valence-electron chi connectivity index (χ0n) is 14.1. The maximum Gasteiger partial charge on any atom is 0.222 e. The van der Waals surface area contributed by atoms with E-state index in [1.165, 1.54) is 0 Å². The van der Waals surface area contributed by atoms with Gasteiger partial charge < -0.3 is 22.5 Å². The number of hydrogen-bond donors (Lipinski definition) is 4. The SMILES string of the molecule is Nc1nccc(NCCc2c(N)nc(N)nc2/C=C/c2ccccc2)n1. The highest BCUT2D eigenvalue weighted by Crippen LogP contribution is 2.18. The van der Waals surface area contributed by atoms with E-state index in [4.69, 9.17) is 17.2 Å². The molecule has 132 valence electrons. The normalized spacial score (nSPS) is 10.9. The van der Waals surface area contributed by atoms with Gasteiger partial charge in [0, 0.05) is 18.3 Å². The molecule has 2 heterocycles. The number of aromatic nitrogens is 4. The molecule has 3 rings (SSSR count). The molecule has 0 amide bonds. The molecular formula is C18H20N8. The summed E-state index contributed by atoms with van der Waals surface area (Å²) < 4.78 is 0. The maximum absolute atomic E-state index is 6.06. The lowest BCUT2D eigenvalue weighted by Gasteiger charge is -2.10. The van der Waals surface area contributed by atoms with E-state index in [2.05, 4.69) is 25.3 Å². The van der Waals surface area contributed by atoms with E-state index in [-0.39, 0.29) is 11.9 Å². The number of rotatable bonds is 6. The van der Waals surface area contributed by atoms with Crippen molar-refractivity contribution in [1.82, 2.24) is 19.9 Å². The zero-order chi connectivity index (χ0) is 18.4. The Labute approximate surface area is 151 Å². The quantitative estimate of drug-likeness (QED) is 0.528. The second-order valence-electron chi connectivity index (χ2n) is 5.55. The van der Waals surface area contributed by atoms with E-state index in [1.807, 2.05) is 42.5 Å². The molecule has 8 nitrogen and oxygen atoms in total. The predicted octanol–water partition coefficient (Wildman–Crippen LogP) is 1.84. The standard InChI is InChI=1S/C18H20N8/c19-16-13(8-10-22-15-9-11-23-17(20)25-15)14(24-18(21)26-16)7-6-12-4-2-1-3-5-12/h1-7,9,11H,8,10H2,(H4,19,21,24,26)(H3,20,22,23,25)/b7-6+. The first-order valence-electron chi connectivity index (χ1n) is 8.09.